The fraction of sp³-hybridized carbons (Fsp3) is 0.875. The Kier molecular flexibility index (Phi) is 71.8. The number of carbonyl (C=O) groups is 3. The van der Waals surface area contributed by atoms with Gasteiger partial charge in [-0.1, -0.05) is 77.2 Å². The predicted molar refractivity (Wildman–Crippen MR) is 210 cm³/mol. The molecule has 0 atom stereocenters. The minimum absolute atomic E-state index is 0.144. The molecule has 0 aromatic carbocycles. The van der Waals surface area contributed by atoms with E-state index >= 15 is 0 Å². The van der Waals surface area contributed by atoms with Crippen LogP contribution in [0.15, 0.2) is 12.2 Å². The number of methoxy groups -OCH3 is 6. The molecule has 0 spiro atoms. The molecule has 0 aromatic rings. The van der Waals surface area contributed by atoms with Crippen molar-refractivity contribution in [3.8, 4) is 0 Å². The van der Waals surface area contributed by atoms with Gasteiger partial charge in [-0.3, -0.25) is 0 Å². The first-order chi connectivity index (χ1) is 26.6. The Balaban J connectivity index is -0.000000193. The Morgan fingerprint density at radius 2 is 0.709 bits per heavy atom. The third-order valence-electron chi connectivity index (χ3n) is 7.40. The van der Waals surface area contributed by atoms with Crippen LogP contribution in [0.4, 0.5) is 0 Å². The van der Waals surface area contributed by atoms with Crippen LogP contribution in [0.25, 0.3) is 0 Å². The van der Waals surface area contributed by atoms with Crippen molar-refractivity contribution in [3.05, 3.63) is 12.2 Å². The number of allylic oxidation sites excluding steroid dienone is 1. The minimum Gasteiger partial charge on any atom is -0.550 e. The highest BCUT2D eigenvalue weighted by Crippen LogP contribution is 2.09. The average molecular weight is 800 g/mol. The van der Waals surface area contributed by atoms with E-state index in [-0.39, 0.29) is 12.8 Å². The molecular weight excluding hydrogens is 714 g/mol. The van der Waals surface area contributed by atoms with Crippen LogP contribution in [0, 0.1) is 0 Å². The number of hydrogen-bond acceptors (Lipinski definition) is 12. The molecule has 0 aliphatic carbocycles. The summed E-state index contributed by atoms with van der Waals surface area (Å²) in [6.07, 6.45) is 17.7. The van der Waals surface area contributed by atoms with Gasteiger partial charge in [0, 0.05) is 54.6 Å². The van der Waals surface area contributed by atoms with Crippen LogP contribution in [-0.4, -0.2) is 139 Å². The number of carbonyl (C=O) groups excluding carboxylic acids is 3. The molecule has 0 rings (SSSR count). The molecule has 0 saturated heterocycles. The Bertz CT molecular complexity index is 679. The molecule has 6 N–H and O–H groups in total. The first-order valence-electron chi connectivity index (χ1n) is 20.3. The molecule has 0 fully saturated rings. The van der Waals surface area contributed by atoms with Crippen LogP contribution >= 0.6 is 0 Å². The smallest absolute Gasteiger partial charge is 0.0993 e. The maximum atomic E-state index is 10.1. The molecule has 332 valence electrons. The van der Waals surface area contributed by atoms with Crippen LogP contribution < -0.4 is 31.3 Å². The lowest BCUT2D eigenvalue weighted by Gasteiger charge is -2.03. The third kappa shape index (κ3) is 89.9. The maximum absolute atomic E-state index is 10.1. The lowest BCUT2D eigenvalue weighted by Crippen LogP contribution is -2.86. The lowest BCUT2D eigenvalue weighted by atomic mass is 10.1. The van der Waals surface area contributed by atoms with Crippen molar-refractivity contribution in [1.29, 1.82) is 0 Å². The van der Waals surface area contributed by atoms with Gasteiger partial charge in [0.2, 0.25) is 0 Å². The summed E-state index contributed by atoms with van der Waals surface area (Å²) < 4.78 is 29.1. The van der Waals surface area contributed by atoms with Crippen LogP contribution in [0.3, 0.4) is 0 Å². The fourth-order valence-corrected chi connectivity index (χ4v) is 4.28. The number of quaternary nitrogens is 3. The van der Waals surface area contributed by atoms with E-state index in [1.54, 1.807) is 48.7 Å². The molecule has 0 heterocycles. The molecule has 15 heteroatoms. The summed E-state index contributed by atoms with van der Waals surface area (Å²) in [5.74, 6) is -3.06. The van der Waals surface area contributed by atoms with Gasteiger partial charge in [-0.05, 0) is 44.6 Å². The predicted octanol–water partition coefficient (Wildman–Crippen LogP) is -1.43. The molecule has 0 aromatic heterocycles. The Morgan fingerprint density at radius 1 is 0.436 bits per heavy atom. The van der Waals surface area contributed by atoms with E-state index in [2.05, 4.69) is 22.9 Å². The summed E-state index contributed by atoms with van der Waals surface area (Å²) >= 11 is 0. The monoisotopic (exact) mass is 800 g/mol. The number of nitrogens with two attached hydrogens (primary N) is 3. The Morgan fingerprint density at radius 3 is 0.964 bits per heavy atom. The normalized spacial score (nSPS) is 10.2. The molecule has 0 amide bonds. The maximum Gasteiger partial charge on any atom is 0.0993 e. The summed E-state index contributed by atoms with van der Waals surface area (Å²) in [5, 5.41) is 36.6. The number of rotatable bonds is 36. The number of carboxylic acids is 3. The summed E-state index contributed by atoms with van der Waals surface area (Å²) in [6.45, 7) is 13.3. The van der Waals surface area contributed by atoms with Crippen LogP contribution in [0.1, 0.15) is 110 Å². The van der Waals surface area contributed by atoms with Crippen LogP contribution in [0.5, 0.6) is 0 Å². The molecule has 0 radical (unpaired) electrons. The zero-order valence-electron chi connectivity index (χ0n) is 36.1. The van der Waals surface area contributed by atoms with Crippen molar-refractivity contribution in [2.24, 2.45) is 0 Å². The van der Waals surface area contributed by atoms with Gasteiger partial charge in [0.15, 0.2) is 0 Å². The van der Waals surface area contributed by atoms with Crippen molar-refractivity contribution in [1.82, 2.24) is 0 Å². The van der Waals surface area contributed by atoms with Crippen molar-refractivity contribution in [3.63, 3.8) is 0 Å². The summed E-state index contributed by atoms with van der Waals surface area (Å²) in [5.41, 5.74) is 0. The van der Waals surface area contributed by atoms with Gasteiger partial charge in [0.25, 0.3) is 0 Å². The van der Waals surface area contributed by atoms with Crippen LogP contribution in [0.2, 0.25) is 0 Å². The topological polar surface area (TPSA) is 226 Å². The van der Waals surface area contributed by atoms with Gasteiger partial charge >= 0.3 is 0 Å². The average Bonchev–Trinajstić information content (AvgIpc) is 3.16. The molecule has 0 aliphatic rings. The van der Waals surface area contributed by atoms with E-state index in [1.165, 1.54) is 32.1 Å². The van der Waals surface area contributed by atoms with Gasteiger partial charge in [-0.2, -0.15) is 0 Å². The highest BCUT2D eigenvalue weighted by molar-refractivity contribution is 5.77. The SMILES string of the molecule is CCCCCCCCC=CC(=O)[O-].COCC[NH2+]CCOC.COCC[NH2+]CCOC.COCC[NH2+]CCOC.O=C([O-])CCCCCCCCCC(=O)[O-]. The zero-order chi connectivity index (χ0) is 42.3. The van der Waals surface area contributed by atoms with Gasteiger partial charge in [0.05, 0.1) is 84.9 Å². The molecule has 0 bridgehead atoms. The summed E-state index contributed by atoms with van der Waals surface area (Å²) in [4.78, 5) is 30.1. The Labute approximate surface area is 335 Å². The van der Waals surface area contributed by atoms with E-state index in [0.29, 0.717) is 12.8 Å². The molecule has 55 heavy (non-hydrogen) atoms. The van der Waals surface area contributed by atoms with Crippen molar-refractivity contribution < 1.29 is 74.1 Å². The van der Waals surface area contributed by atoms with Gasteiger partial charge in [0.1, 0.15) is 0 Å². The second kappa shape index (κ2) is 63.7. The number of carboxylic acid groups (broad SMARTS) is 3. The highest BCUT2D eigenvalue weighted by atomic mass is 16.5. The lowest BCUT2D eigenvalue weighted by molar-refractivity contribution is -0.657. The quantitative estimate of drug-likeness (QED) is 0.0490. The number of unbranched alkanes of at least 4 members (excludes halogenated alkanes) is 12. The van der Waals surface area contributed by atoms with Crippen molar-refractivity contribution in [2.75, 3.05) is 122 Å². The largest absolute Gasteiger partial charge is 0.550 e. The molecule has 0 unspecified atom stereocenters. The van der Waals surface area contributed by atoms with Gasteiger partial charge in [-0.25, -0.2) is 0 Å². The fourth-order valence-electron chi connectivity index (χ4n) is 4.28. The van der Waals surface area contributed by atoms with Crippen LogP contribution in [-0.2, 0) is 42.8 Å². The number of hydrogen-bond donors (Lipinski definition) is 3. The zero-order valence-corrected chi connectivity index (χ0v) is 36.1. The second-order valence-electron chi connectivity index (χ2n) is 12.6. The van der Waals surface area contributed by atoms with E-state index in [4.69, 9.17) is 28.4 Å². The molecular formula is C40H85N3O12. The standard InChI is InChI=1S/C11H20O4.C11H20O2.3C6H15NO2/c12-10(13)8-6-4-2-1-3-5-7-9-11(14)15;1-2-3-4-5-6-7-8-9-10-11(12)13;3*1-8-5-3-7-4-6-9-2/h1-9H2,(H,12,13)(H,14,15);9-10H,2-8H2,1H3,(H,12,13);3*7H,3-6H2,1-2H3. The van der Waals surface area contributed by atoms with Gasteiger partial charge < -0.3 is 74.1 Å². The first-order valence-corrected chi connectivity index (χ1v) is 20.3. The van der Waals surface area contributed by atoms with Gasteiger partial charge in [-0.15, -0.1) is 0 Å². The molecule has 0 saturated carbocycles. The summed E-state index contributed by atoms with van der Waals surface area (Å²) in [6, 6.07) is 0. The highest BCUT2D eigenvalue weighted by Gasteiger charge is 1.94. The number of ether oxygens (including phenoxy) is 6. The molecule has 15 nitrogen and oxygen atoms in total. The van der Waals surface area contributed by atoms with E-state index in [1.807, 2.05) is 0 Å². The van der Waals surface area contributed by atoms with Crippen molar-refractivity contribution >= 4 is 17.9 Å². The molecule has 0 aliphatic heterocycles. The van der Waals surface area contributed by atoms with E-state index < -0.39 is 17.9 Å². The first kappa shape index (κ1) is 62.0. The second-order valence-corrected chi connectivity index (χ2v) is 12.6. The third-order valence-corrected chi connectivity index (χ3v) is 7.40. The Hall–Kier alpha value is -2.21. The minimum atomic E-state index is -1.09. The summed E-state index contributed by atoms with van der Waals surface area (Å²) in [7, 11) is 10.3. The number of aliphatic carboxylic acids is 3. The van der Waals surface area contributed by atoms with Crippen molar-refractivity contribution in [2.45, 2.75) is 110 Å². The van der Waals surface area contributed by atoms with E-state index in [0.717, 1.165) is 130 Å². The van der Waals surface area contributed by atoms with E-state index in [9.17, 15) is 29.7 Å².